The van der Waals surface area contributed by atoms with E-state index < -0.39 is 0 Å². The number of ether oxygens (including phenoxy) is 2. The van der Waals surface area contributed by atoms with Gasteiger partial charge in [-0.05, 0) is 47.0 Å². The first-order valence-corrected chi connectivity index (χ1v) is 7.60. The van der Waals surface area contributed by atoms with Crippen LogP contribution in [-0.4, -0.2) is 14.2 Å². The minimum absolute atomic E-state index is 0.739. The number of rotatable bonds is 4. The van der Waals surface area contributed by atoms with Gasteiger partial charge in [0, 0.05) is 0 Å². The first kappa shape index (κ1) is 15.2. The zero-order valence-electron chi connectivity index (χ0n) is 13.7. The molecule has 0 bridgehead atoms. The molecule has 0 radical (unpaired) electrons. The highest BCUT2D eigenvalue weighted by molar-refractivity contribution is 5.86. The predicted molar refractivity (Wildman–Crippen MR) is 97.2 cm³/mol. The van der Waals surface area contributed by atoms with Crippen LogP contribution in [0.5, 0.6) is 11.5 Å². The van der Waals surface area contributed by atoms with Crippen molar-refractivity contribution >= 4 is 22.9 Å². The van der Waals surface area contributed by atoms with Crippen LogP contribution in [-0.2, 0) is 0 Å². The number of benzene rings is 3. The molecule has 0 saturated carbocycles. The topological polar surface area (TPSA) is 18.5 Å². The van der Waals surface area contributed by atoms with Crippen molar-refractivity contribution in [1.29, 1.82) is 0 Å². The van der Waals surface area contributed by atoms with Gasteiger partial charge in [0.05, 0.1) is 14.2 Å². The summed E-state index contributed by atoms with van der Waals surface area (Å²) in [6.45, 7) is 2.12. The van der Waals surface area contributed by atoms with E-state index in [1.807, 2.05) is 18.2 Å². The van der Waals surface area contributed by atoms with Crippen molar-refractivity contribution in [2.75, 3.05) is 14.2 Å². The summed E-state index contributed by atoms with van der Waals surface area (Å²) in [7, 11) is 3.29. The lowest BCUT2D eigenvalue weighted by Gasteiger charge is -2.07. The summed E-state index contributed by atoms with van der Waals surface area (Å²) in [4.78, 5) is 0. The molecule has 0 aliphatic heterocycles. The monoisotopic (exact) mass is 304 g/mol. The smallest absolute Gasteiger partial charge is 0.161 e. The van der Waals surface area contributed by atoms with E-state index in [9.17, 15) is 0 Å². The Kier molecular flexibility index (Phi) is 4.33. The van der Waals surface area contributed by atoms with Crippen molar-refractivity contribution < 1.29 is 9.47 Å². The molecule has 0 amide bonds. The molecule has 0 N–H and O–H groups in total. The van der Waals surface area contributed by atoms with Gasteiger partial charge in [-0.1, -0.05) is 54.1 Å². The lowest BCUT2D eigenvalue weighted by atomic mass is 10.0. The zero-order valence-corrected chi connectivity index (χ0v) is 13.7. The molecule has 0 fully saturated rings. The van der Waals surface area contributed by atoms with Gasteiger partial charge >= 0.3 is 0 Å². The molecule has 0 aliphatic rings. The van der Waals surface area contributed by atoms with Crippen molar-refractivity contribution in [3.05, 3.63) is 71.3 Å². The third kappa shape index (κ3) is 3.37. The Morgan fingerprint density at radius 2 is 1.26 bits per heavy atom. The van der Waals surface area contributed by atoms with E-state index >= 15 is 0 Å². The van der Waals surface area contributed by atoms with E-state index in [1.54, 1.807) is 14.2 Å². The van der Waals surface area contributed by atoms with E-state index in [0.717, 1.165) is 17.1 Å². The van der Waals surface area contributed by atoms with Crippen molar-refractivity contribution in [2.45, 2.75) is 6.92 Å². The van der Waals surface area contributed by atoms with Crippen LogP contribution in [0.3, 0.4) is 0 Å². The van der Waals surface area contributed by atoms with Gasteiger partial charge in [0.15, 0.2) is 11.5 Å². The Hall–Kier alpha value is -2.74. The van der Waals surface area contributed by atoms with E-state index in [-0.39, 0.29) is 0 Å². The Bertz CT molecular complexity index is 863. The summed E-state index contributed by atoms with van der Waals surface area (Å²) in [5.74, 6) is 1.48. The number of fused-ring (bicyclic) bond motifs is 1. The van der Waals surface area contributed by atoms with E-state index in [2.05, 4.69) is 55.5 Å². The third-order valence-electron chi connectivity index (χ3n) is 3.90. The van der Waals surface area contributed by atoms with Crippen LogP contribution in [0, 0.1) is 6.92 Å². The minimum atomic E-state index is 0.739. The Morgan fingerprint density at radius 3 is 2.00 bits per heavy atom. The highest BCUT2D eigenvalue weighted by Gasteiger charge is 2.02. The fourth-order valence-electron chi connectivity index (χ4n) is 2.64. The minimum Gasteiger partial charge on any atom is -0.493 e. The maximum Gasteiger partial charge on any atom is 0.161 e. The molecule has 0 aromatic heterocycles. The van der Waals surface area contributed by atoms with Crippen LogP contribution in [0.2, 0.25) is 0 Å². The second-order valence-corrected chi connectivity index (χ2v) is 5.56. The lowest BCUT2D eigenvalue weighted by molar-refractivity contribution is 0.355. The van der Waals surface area contributed by atoms with Crippen LogP contribution in [0.15, 0.2) is 54.6 Å². The second-order valence-electron chi connectivity index (χ2n) is 5.56. The highest BCUT2D eigenvalue weighted by atomic mass is 16.5. The molecule has 116 valence electrons. The molecule has 3 aromatic carbocycles. The van der Waals surface area contributed by atoms with Crippen molar-refractivity contribution in [2.24, 2.45) is 0 Å². The highest BCUT2D eigenvalue weighted by Crippen LogP contribution is 2.28. The van der Waals surface area contributed by atoms with Crippen LogP contribution in [0.1, 0.15) is 16.7 Å². The molecule has 3 rings (SSSR count). The maximum atomic E-state index is 5.34. The normalized spacial score (nSPS) is 11.1. The molecule has 0 spiro atoms. The molecule has 0 saturated heterocycles. The van der Waals surface area contributed by atoms with Crippen LogP contribution >= 0.6 is 0 Å². The molecule has 0 unspecified atom stereocenters. The molecule has 0 atom stereocenters. The molecule has 3 aromatic rings. The first-order chi connectivity index (χ1) is 11.2. The predicted octanol–water partition coefficient (Wildman–Crippen LogP) is 5.34. The van der Waals surface area contributed by atoms with Gasteiger partial charge in [0.1, 0.15) is 0 Å². The van der Waals surface area contributed by atoms with E-state index in [0.29, 0.717) is 0 Å². The van der Waals surface area contributed by atoms with E-state index in [1.165, 1.54) is 21.9 Å². The first-order valence-electron chi connectivity index (χ1n) is 7.60. The summed E-state index contributed by atoms with van der Waals surface area (Å²) >= 11 is 0. The van der Waals surface area contributed by atoms with Crippen molar-refractivity contribution in [3.63, 3.8) is 0 Å². The molecule has 0 heterocycles. The molecule has 2 heteroatoms. The molecule has 2 nitrogen and oxygen atoms in total. The third-order valence-corrected chi connectivity index (χ3v) is 3.90. The average Bonchev–Trinajstić information content (AvgIpc) is 2.59. The van der Waals surface area contributed by atoms with Gasteiger partial charge in [-0.25, -0.2) is 0 Å². The largest absolute Gasteiger partial charge is 0.493 e. The van der Waals surface area contributed by atoms with Gasteiger partial charge in [0.2, 0.25) is 0 Å². The van der Waals surface area contributed by atoms with Crippen LogP contribution in [0.4, 0.5) is 0 Å². The standard InChI is InChI=1S/C21H20O2/c1-15-4-9-19-13-16(7-10-18(19)12-15)5-6-17-8-11-20(22-2)21(14-17)23-3/h4-14H,1-3H3/b6-5-. The summed E-state index contributed by atoms with van der Waals surface area (Å²) in [5, 5.41) is 2.53. The second kappa shape index (κ2) is 6.57. The number of aryl methyl sites for hydroxylation is 1. The average molecular weight is 304 g/mol. The molecule has 23 heavy (non-hydrogen) atoms. The summed E-state index contributed by atoms with van der Waals surface area (Å²) in [6.07, 6.45) is 4.19. The lowest BCUT2D eigenvalue weighted by Crippen LogP contribution is -1.90. The quantitative estimate of drug-likeness (QED) is 0.606. The number of methoxy groups -OCH3 is 2. The zero-order chi connectivity index (χ0) is 16.2. The summed E-state index contributed by atoms with van der Waals surface area (Å²) < 4.78 is 10.6. The van der Waals surface area contributed by atoms with Gasteiger partial charge in [0.25, 0.3) is 0 Å². The Morgan fingerprint density at radius 1 is 0.652 bits per heavy atom. The fraction of sp³-hybridized carbons (Fsp3) is 0.143. The van der Waals surface area contributed by atoms with Crippen LogP contribution in [0.25, 0.3) is 22.9 Å². The fourth-order valence-corrected chi connectivity index (χ4v) is 2.64. The summed E-state index contributed by atoms with van der Waals surface area (Å²) in [6, 6.07) is 18.9. The van der Waals surface area contributed by atoms with Gasteiger partial charge < -0.3 is 9.47 Å². The van der Waals surface area contributed by atoms with Gasteiger partial charge in [-0.15, -0.1) is 0 Å². The number of hydrogen-bond acceptors (Lipinski definition) is 2. The summed E-state index contributed by atoms with van der Waals surface area (Å²) in [5.41, 5.74) is 3.54. The van der Waals surface area contributed by atoms with Gasteiger partial charge in [-0.3, -0.25) is 0 Å². The van der Waals surface area contributed by atoms with Crippen molar-refractivity contribution in [1.82, 2.24) is 0 Å². The Balaban J connectivity index is 1.89. The maximum absolute atomic E-state index is 5.34. The number of hydrogen-bond donors (Lipinski definition) is 0. The SMILES string of the molecule is COc1ccc(/C=C\c2ccc3cc(C)ccc3c2)cc1OC. The molecular weight excluding hydrogens is 284 g/mol. The van der Waals surface area contributed by atoms with Crippen molar-refractivity contribution in [3.8, 4) is 11.5 Å². The van der Waals surface area contributed by atoms with Crippen LogP contribution < -0.4 is 9.47 Å². The molecular formula is C21H20O2. The Labute approximate surface area is 137 Å². The van der Waals surface area contributed by atoms with E-state index in [4.69, 9.17) is 9.47 Å². The molecule has 0 aliphatic carbocycles. The van der Waals surface area contributed by atoms with Gasteiger partial charge in [-0.2, -0.15) is 0 Å².